The number of ketones is 1. The second kappa shape index (κ2) is 9.38. The lowest BCUT2D eigenvalue weighted by Crippen LogP contribution is -2.63. The number of fused-ring (bicyclic) bond motifs is 2. The number of carbonyl (C=O) groups excluding carboxylic acids is 3. The van der Waals surface area contributed by atoms with Crippen LogP contribution < -0.4 is 5.32 Å². The number of imide groups is 1. The second-order valence-electron chi connectivity index (χ2n) is 13.1. The number of amides is 2. The maximum atomic E-state index is 14.1. The molecule has 0 aromatic carbocycles. The minimum atomic E-state index is -0.928. The van der Waals surface area contributed by atoms with Gasteiger partial charge in [0.25, 0.3) is 0 Å². The molecule has 2 aliphatic heterocycles. The Morgan fingerprint density at radius 2 is 1.84 bits per heavy atom. The van der Waals surface area contributed by atoms with Gasteiger partial charge in [0.05, 0.1) is 17.4 Å². The zero-order valence-corrected chi connectivity index (χ0v) is 23.4. The fourth-order valence-electron chi connectivity index (χ4n) is 9.40. The first kappa shape index (κ1) is 26.7. The fraction of sp³-hybridized carbons (Fsp3) is 0.833. The summed E-state index contributed by atoms with van der Waals surface area (Å²) in [5.74, 6) is 6.45. The molecule has 3 saturated carbocycles. The van der Waals surface area contributed by atoms with Crippen molar-refractivity contribution >= 4 is 17.8 Å². The maximum Gasteiger partial charge on any atom is 0.414 e. The summed E-state index contributed by atoms with van der Waals surface area (Å²) in [6, 6.07) is 0. The van der Waals surface area contributed by atoms with Crippen LogP contribution in [0.4, 0.5) is 4.79 Å². The number of nitrogens with one attached hydrogen (secondary N) is 1. The summed E-state index contributed by atoms with van der Waals surface area (Å²) in [4.78, 5) is 42.8. The van der Waals surface area contributed by atoms with E-state index in [0.29, 0.717) is 18.9 Å². The average molecular weight is 513 g/mol. The van der Waals surface area contributed by atoms with Crippen LogP contribution in [-0.2, 0) is 19.1 Å². The summed E-state index contributed by atoms with van der Waals surface area (Å²) in [6.07, 6.45) is 3.82. The summed E-state index contributed by atoms with van der Waals surface area (Å²) >= 11 is 0. The van der Waals surface area contributed by atoms with Crippen LogP contribution in [0.3, 0.4) is 0 Å². The molecule has 5 aliphatic rings. The molecule has 4 bridgehead atoms. The standard InChI is InChI=1S/C30H44N2O5/c1-7-11-28(4)15-23(37-27(35)31-26(34)21-17-32-14-10-20(21)16-32)29(5)18(2)8-12-30(19(3)25(28)33)13-9-22(36-6)24(29)30/h18-24H,8-10,12-17H2,1-6H3,(H,31,34,35)/t18-,19+,20-,21+,22?,23-,24?,28-,29+,30?/m1/s1. The molecule has 4 unspecified atom stereocenters. The number of Topliss-reactive ketones (excluding diaryl/α,β-unsaturated/α-hetero) is 1. The Kier molecular flexibility index (Phi) is 6.76. The third-order valence-corrected chi connectivity index (χ3v) is 11.6. The first-order chi connectivity index (χ1) is 17.5. The van der Waals surface area contributed by atoms with E-state index in [9.17, 15) is 14.4 Å². The van der Waals surface area contributed by atoms with E-state index in [4.69, 9.17) is 9.47 Å². The van der Waals surface area contributed by atoms with Gasteiger partial charge in [-0.05, 0) is 69.7 Å². The van der Waals surface area contributed by atoms with E-state index in [1.807, 2.05) is 6.92 Å². The van der Waals surface area contributed by atoms with Gasteiger partial charge in [-0.25, -0.2) is 4.79 Å². The number of nitrogens with zero attached hydrogens (tertiary/aromatic N) is 1. The molecule has 5 rings (SSSR count). The van der Waals surface area contributed by atoms with E-state index in [0.717, 1.165) is 45.2 Å². The van der Waals surface area contributed by atoms with Gasteiger partial charge in [0, 0.05) is 43.9 Å². The minimum Gasteiger partial charge on any atom is -0.445 e. The molecule has 7 heteroatoms. The van der Waals surface area contributed by atoms with Crippen LogP contribution in [0.15, 0.2) is 0 Å². The smallest absolute Gasteiger partial charge is 0.414 e. The maximum absolute atomic E-state index is 14.1. The normalized spacial score (nSPS) is 48.3. The van der Waals surface area contributed by atoms with Gasteiger partial charge in [0.15, 0.2) is 5.78 Å². The summed E-state index contributed by atoms with van der Waals surface area (Å²) in [6.45, 7) is 12.9. The van der Waals surface area contributed by atoms with Crippen LogP contribution in [0.1, 0.15) is 73.1 Å². The fourth-order valence-corrected chi connectivity index (χ4v) is 9.40. The largest absolute Gasteiger partial charge is 0.445 e. The van der Waals surface area contributed by atoms with E-state index in [-0.39, 0.29) is 46.9 Å². The van der Waals surface area contributed by atoms with Gasteiger partial charge in [-0.3, -0.25) is 14.9 Å². The van der Waals surface area contributed by atoms with Gasteiger partial charge in [-0.15, -0.1) is 5.92 Å². The Hall–Kier alpha value is -1.91. The lowest BCUT2D eigenvalue weighted by Gasteiger charge is -2.61. The van der Waals surface area contributed by atoms with Crippen molar-refractivity contribution in [2.24, 2.45) is 45.8 Å². The van der Waals surface area contributed by atoms with E-state index >= 15 is 0 Å². The monoisotopic (exact) mass is 512 g/mol. The van der Waals surface area contributed by atoms with Gasteiger partial charge in [-0.1, -0.05) is 26.7 Å². The van der Waals surface area contributed by atoms with Crippen molar-refractivity contribution in [3.05, 3.63) is 0 Å². The number of ether oxygens (including phenoxy) is 2. The van der Waals surface area contributed by atoms with Gasteiger partial charge in [0.2, 0.25) is 5.91 Å². The van der Waals surface area contributed by atoms with Crippen molar-refractivity contribution in [3.8, 4) is 11.8 Å². The van der Waals surface area contributed by atoms with E-state index in [2.05, 4.69) is 42.8 Å². The highest BCUT2D eigenvalue weighted by Crippen LogP contribution is 2.68. The topological polar surface area (TPSA) is 84.9 Å². The predicted molar refractivity (Wildman–Crippen MR) is 139 cm³/mol. The van der Waals surface area contributed by atoms with Gasteiger partial charge < -0.3 is 14.4 Å². The summed E-state index contributed by atoms with van der Waals surface area (Å²) in [5.41, 5.74) is -1.55. The molecule has 2 heterocycles. The van der Waals surface area contributed by atoms with E-state index < -0.39 is 23.0 Å². The molecule has 204 valence electrons. The Labute approximate surface area is 221 Å². The van der Waals surface area contributed by atoms with Crippen LogP contribution in [-0.4, -0.2) is 61.6 Å². The molecule has 37 heavy (non-hydrogen) atoms. The van der Waals surface area contributed by atoms with Crippen molar-refractivity contribution < 1.29 is 23.9 Å². The molecule has 3 aliphatic carbocycles. The molecule has 7 nitrogen and oxygen atoms in total. The van der Waals surface area contributed by atoms with Gasteiger partial charge in [0.1, 0.15) is 6.10 Å². The average Bonchev–Trinajstić information content (AvgIpc) is 3.59. The molecule has 2 saturated heterocycles. The SMILES string of the molecule is CC#C[C@]1(C)C[C@@H](OC(=O)NC(=O)[C@H]2CN3CC[C@@H]2C3)[C@@]2(C)C3C(OC)CCC3(CC[C@H]2C)[C@@H](C)C1=O. The number of hydrogen-bond donors (Lipinski definition) is 1. The van der Waals surface area contributed by atoms with Crippen molar-refractivity contribution in [2.75, 3.05) is 26.7 Å². The van der Waals surface area contributed by atoms with Gasteiger partial charge in [-0.2, -0.15) is 0 Å². The molecule has 0 radical (unpaired) electrons. The highest BCUT2D eigenvalue weighted by molar-refractivity contribution is 5.94. The van der Waals surface area contributed by atoms with Crippen molar-refractivity contribution in [1.82, 2.24) is 10.2 Å². The second-order valence-corrected chi connectivity index (χ2v) is 13.1. The number of piperidine rings is 1. The lowest BCUT2D eigenvalue weighted by atomic mass is 9.44. The summed E-state index contributed by atoms with van der Waals surface area (Å²) in [5, 5.41) is 2.58. The van der Waals surface area contributed by atoms with Crippen LogP contribution >= 0.6 is 0 Å². The quantitative estimate of drug-likeness (QED) is 0.575. The Balaban J connectivity index is 1.49. The van der Waals surface area contributed by atoms with E-state index in [1.165, 1.54) is 0 Å². The van der Waals surface area contributed by atoms with E-state index in [1.54, 1.807) is 14.0 Å². The first-order valence-electron chi connectivity index (χ1n) is 14.2. The van der Waals surface area contributed by atoms with Crippen molar-refractivity contribution in [3.63, 3.8) is 0 Å². The lowest BCUT2D eigenvalue weighted by molar-refractivity contribution is -0.188. The van der Waals surface area contributed by atoms with Gasteiger partial charge >= 0.3 is 6.09 Å². The minimum absolute atomic E-state index is 0.00324. The Morgan fingerprint density at radius 3 is 2.46 bits per heavy atom. The highest BCUT2D eigenvalue weighted by atomic mass is 16.6. The Bertz CT molecular complexity index is 1030. The highest BCUT2D eigenvalue weighted by Gasteiger charge is 2.68. The summed E-state index contributed by atoms with van der Waals surface area (Å²) < 4.78 is 12.3. The molecule has 0 spiro atoms. The third kappa shape index (κ3) is 3.97. The molecule has 2 amide bonds. The molecule has 1 N–H and O–H groups in total. The molecule has 5 fully saturated rings. The van der Waals surface area contributed by atoms with Crippen LogP contribution in [0, 0.1) is 57.7 Å². The molecule has 0 aromatic heterocycles. The number of hydrogen-bond acceptors (Lipinski definition) is 6. The third-order valence-electron chi connectivity index (χ3n) is 11.6. The molecular weight excluding hydrogens is 468 g/mol. The van der Waals surface area contributed by atoms with Crippen molar-refractivity contribution in [1.29, 1.82) is 0 Å². The Morgan fingerprint density at radius 1 is 1.11 bits per heavy atom. The summed E-state index contributed by atoms with van der Waals surface area (Å²) in [7, 11) is 1.76. The van der Waals surface area contributed by atoms with Crippen LogP contribution in [0.5, 0.6) is 0 Å². The number of carbonyl (C=O) groups is 3. The number of rotatable bonds is 3. The first-order valence-corrected chi connectivity index (χ1v) is 14.2. The zero-order chi connectivity index (χ0) is 26.8. The molecule has 0 aromatic rings. The molecular formula is C30H44N2O5. The molecule has 11 atom stereocenters. The van der Waals surface area contributed by atoms with Crippen LogP contribution in [0.25, 0.3) is 0 Å². The zero-order valence-electron chi connectivity index (χ0n) is 23.4. The number of alkyl carbamates (subject to hydrolysis) is 1. The van der Waals surface area contributed by atoms with Crippen LogP contribution in [0.2, 0.25) is 0 Å². The van der Waals surface area contributed by atoms with Crippen molar-refractivity contribution in [2.45, 2.75) is 85.4 Å². The predicted octanol–water partition coefficient (Wildman–Crippen LogP) is 4.05. The number of methoxy groups -OCH3 is 1.